The van der Waals surface area contributed by atoms with Gasteiger partial charge in [0.05, 0.1) is 19.3 Å². The minimum absolute atomic E-state index is 0.187. The van der Waals surface area contributed by atoms with Gasteiger partial charge in [0.15, 0.2) is 17.1 Å². The number of amides is 1. The molecule has 0 bridgehead atoms. The van der Waals surface area contributed by atoms with Crippen molar-refractivity contribution in [1.82, 2.24) is 29.8 Å². The molecule has 0 fully saturated rings. The van der Waals surface area contributed by atoms with Gasteiger partial charge in [0.2, 0.25) is 0 Å². The second-order valence-electron chi connectivity index (χ2n) is 7.61. The Balaban J connectivity index is 1.24. The van der Waals surface area contributed by atoms with Gasteiger partial charge >= 0.3 is 0 Å². The maximum atomic E-state index is 12.9. The van der Waals surface area contributed by atoms with Gasteiger partial charge in [0.1, 0.15) is 11.7 Å². The monoisotopic (exact) mass is 474 g/mol. The van der Waals surface area contributed by atoms with Crippen LogP contribution < -0.4 is 10.9 Å². The summed E-state index contributed by atoms with van der Waals surface area (Å²) in [7, 11) is 0. The van der Waals surface area contributed by atoms with Crippen molar-refractivity contribution in [3.8, 4) is 11.3 Å². The predicted octanol–water partition coefficient (Wildman–Crippen LogP) is 3.38. The molecule has 0 unspecified atom stereocenters. The van der Waals surface area contributed by atoms with E-state index < -0.39 is 0 Å². The Morgan fingerprint density at radius 1 is 1.09 bits per heavy atom. The predicted molar refractivity (Wildman–Crippen MR) is 127 cm³/mol. The molecule has 5 aromatic rings. The van der Waals surface area contributed by atoms with Crippen molar-refractivity contribution in [2.75, 3.05) is 6.54 Å². The number of hydrogen-bond donors (Lipinski definition) is 1. The molecule has 5 rings (SSSR count). The highest BCUT2D eigenvalue weighted by Crippen LogP contribution is 2.19. The zero-order valence-electron chi connectivity index (χ0n) is 17.9. The first kappa shape index (κ1) is 21.6. The number of rotatable bonds is 7. The van der Waals surface area contributed by atoms with Crippen molar-refractivity contribution in [2.24, 2.45) is 0 Å². The minimum Gasteiger partial charge on any atom is -0.355 e. The zero-order valence-corrected chi connectivity index (χ0v) is 18.6. The fourth-order valence-electron chi connectivity index (χ4n) is 3.55. The van der Waals surface area contributed by atoms with Gasteiger partial charge in [0, 0.05) is 23.2 Å². The number of carbonyl (C=O) groups excluding carboxylic acids is 1. The van der Waals surface area contributed by atoms with E-state index in [-0.39, 0.29) is 23.7 Å². The first-order chi connectivity index (χ1) is 16.6. The Morgan fingerprint density at radius 3 is 2.68 bits per heavy atom. The van der Waals surface area contributed by atoms with Crippen molar-refractivity contribution in [3.05, 3.63) is 99.8 Å². The van der Waals surface area contributed by atoms with Gasteiger partial charge in [-0.05, 0) is 17.7 Å². The summed E-state index contributed by atoms with van der Waals surface area (Å²) in [5.74, 6) is 0.156. The third-order valence-electron chi connectivity index (χ3n) is 5.30. The molecule has 9 nitrogen and oxygen atoms in total. The summed E-state index contributed by atoms with van der Waals surface area (Å²) in [6.45, 7) is 0.994. The maximum absolute atomic E-state index is 12.9. The van der Waals surface area contributed by atoms with E-state index in [2.05, 4.69) is 20.6 Å². The third kappa shape index (κ3) is 4.46. The molecule has 0 atom stereocenters. The van der Waals surface area contributed by atoms with E-state index in [9.17, 15) is 9.59 Å². The van der Waals surface area contributed by atoms with Crippen molar-refractivity contribution < 1.29 is 9.32 Å². The number of hydrogen-bond acceptors (Lipinski definition) is 6. The van der Waals surface area contributed by atoms with Crippen LogP contribution in [0.15, 0.2) is 82.5 Å². The molecule has 34 heavy (non-hydrogen) atoms. The van der Waals surface area contributed by atoms with Crippen LogP contribution in [0.1, 0.15) is 16.1 Å². The molecule has 0 aliphatic heterocycles. The molecule has 2 aromatic carbocycles. The van der Waals surface area contributed by atoms with Crippen LogP contribution in [-0.2, 0) is 13.1 Å². The highest BCUT2D eigenvalue weighted by molar-refractivity contribution is 6.30. The Bertz CT molecular complexity index is 1510. The topological polar surface area (TPSA) is 108 Å². The van der Waals surface area contributed by atoms with Gasteiger partial charge in [0.25, 0.3) is 11.5 Å². The van der Waals surface area contributed by atoms with Crippen molar-refractivity contribution >= 4 is 28.5 Å². The molecule has 3 aromatic heterocycles. The Morgan fingerprint density at radius 2 is 1.88 bits per heavy atom. The van der Waals surface area contributed by atoms with Gasteiger partial charge in [-0.15, -0.1) is 0 Å². The fraction of sp³-hybridized carbons (Fsp3) is 0.125. The van der Waals surface area contributed by atoms with Gasteiger partial charge in [-0.3, -0.25) is 14.2 Å². The van der Waals surface area contributed by atoms with Crippen LogP contribution in [0.4, 0.5) is 0 Å². The summed E-state index contributed by atoms with van der Waals surface area (Å²) in [5, 5.41) is 11.9. The quantitative estimate of drug-likeness (QED) is 0.387. The summed E-state index contributed by atoms with van der Waals surface area (Å²) in [6.07, 6.45) is 2.99. The van der Waals surface area contributed by atoms with Crippen LogP contribution in [-0.4, -0.2) is 36.9 Å². The van der Waals surface area contributed by atoms with E-state index in [4.69, 9.17) is 16.1 Å². The van der Waals surface area contributed by atoms with Crippen LogP contribution in [0, 0.1) is 0 Å². The molecule has 0 aliphatic rings. The molecule has 0 saturated carbocycles. The lowest BCUT2D eigenvalue weighted by Crippen LogP contribution is -2.28. The second kappa shape index (κ2) is 9.32. The lowest BCUT2D eigenvalue weighted by molar-refractivity contribution is 0.0943. The van der Waals surface area contributed by atoms with E-state index in [0.29, 0.717) is 34.9 Å². The van der Waals surface area contributed by atoms with Gasteiger partial charge in [-0.1, -0.05) is 59.2 Å². The van der Waals surface area contributed by atoms with Crippen LogP contribution >= 0.6 is 11.6 Å². The molecule has 0 aliphatic carbocycles. The normalized spacial score (nSPS) is 11.1. The van der Waals surface area contributed by atoms with Crippen LogP contribution in [0.2, 0.25) is 5.02 Å². The molecular weight excluding hydrogens is 456 g/mol. The maximum Gasteiger partial charge on any atom is 0.273 e. The number of nitrogens with one attached hydrogen (secondary N) is 1. The van der Waals surface area contributed by atoms with Crippen LogP contribution in [0.5, 0.6) is 0 Å². The summed E-state index contributed by atoms with van der Waals surface area (Å²) in [6, 6.07) is 18.3. The van der Waals surface area contributed by atoms with E-state index in [1.165, 1.54) is 17.1 Å². The summed E-state index contributed by atoms with van der Waals surface area (Å²) >= 11 is 5.92. The third-order valence-corrected chi connectivity index (χ3v) is 5.55. The van der Waals surface area contributed by atoms with E-state index in [0.717, 1.165) is 11.1 Å². The fourth-order valence-corrected chi connectivity index (χ4v) is 3.67. The molecule has 170 valence electrons. The van der Waals surface area contributed by atoms with Crippen molar-refractivity contribution in [3.63, 3.8) is 0 Å². The van der Waals surface area contributed by atoms with Gasteiger partial charge in [-0.25, -0.2) is 9.67 Å². The van der Waals surface area contributed by atoms with Gasteiger partial charge < -0.3 is 9.84 Å². The Labute approximate surface area is 198 Å². The second-order valence-corrected chi connectivity index (χ2v) is 8.04. The standard InChI is InChI=1S/C24H19ClN6O3/c25-18-8-6-16(7-9-18)14-30-15-27-22-19(24(30)33)13-28-31(22)11-10-26-23(32)20-12-21(34-29-20)17-4-2-1-3-5-17/h1-9,12-13,15H,10-11,14H2,(H,26,32). The first-order valence-electron chi connectivity index (χ1n) is 10.5. The SMILES string of the molecule is O=C(NCCn1ncc2c(=O)n(Cc3ccc(Cl)cc3)cnc21)c1cc(-c2ccccc2)on1. The van der Waals surface area contributed by atoms with E-state index in [1.54, 1.807) is 22.9 Å². The van der Waals surface area contributed by atoms with Crippen LogP contribution in [0.3, 0.4) is 0 Å². The average molecular weight is 475 g/mol. The van der Waals surface area contributed by atoms with Gasteiger partial charge in [-0.2, -0.15) is 5.10 Å². The van der Waals surface area contributed by atoms with Crippen molar-refractivity contribution in [1.29, 1.82) is 0 Å². The summed E-state index contributed by atoms with van der Waals surface area (Å²) < 4.78 is 8.38. The highest BCUT2D eigenvalue weighted by atomic mass is 35.5. The summed E-state index contributed by atoms with van der Waals surface area (Å²) in [4.78, 5) is 29.7. The number of benzene rings is 2. The lowest BCUT2D eigenvalue weighted by Gasteiger charge is -2.07. The highest BCUT2D eigenvalue weighted by Gasteiger charge is 2.14. The smallest absolute Gasteiger partial charge is 0.273 e. The largest absolute Gasteiger partial charge is 0.355 e. The number of carbonyl (C=O) groups is 1. The minimum atomic E-state index is -0.360. The molecule has 10 heteroatoms. The Hall–Kier alpha value is -4.24. The number of fused-ring (bicyclic) bond motifs is 1. The molecular formula is C24H19ClN6O3. The van der Waals surface area contributed by atoms with E-state index in [1.807, 2.05) is 42.5 Å². The van der Waals surface area contributed by atoms with Crippen LogP contribution in [0.25, 0.3) is 22.4 Å². The Kier molecular flexibility index (Phi) is 5.92. The first-order valence-corrected chi connectivity index (χ1v) is 10.9. The zero-order chi connectivity index (χ0) is 23.5. The average Bonchev–Trinajstić information content (AvgIpc) is 3.51. The van der Waals surface area contributed by atoms with Crippen molar-refractivity contribution in [2.45, 2.75) is 13.1 Å². The number of halogens is 1. The molecule has 1 N–H and O–H groups in total. The lowest BCUT2D eigenvalue weighted by atomic mass is 10.1. The molecule has 0 spiro atoms. The molecule has 0 radical (unpaired) electrons. The number of aromatic nitrogens is 5. The molecule has 1 amide bonds. The molecule has 0 saturated heterocycles. The number of nitrogens with zero attached hydrogens (tertiary/aromatic N) is 5. The summed E-state index contributed by atoms with van der Waals surface area (Å²) in [5.41, 5.74) is 2.23. The molecule has 3 heterocycles. The van der Waals surface area contributed by atoms with E-state index >= 15 is 0 Å².